The van der Waals surface area contributed by atoms with Gasteiger partial charge in [0.25, 0.3) is 0 Å². The number of carboxylic acid groups (broad SMARTS) is 1. The molecule has 0 aromatic carbocycles. The van der Waals surface area contributed by atoms with Gasteiger partial charge in [-0.05, 0) is 0 Å². The van der Waals surface area contributed by atoms with Crippen LogP contribution < -0.4 is 0 Å². The second-order valence-electron chi connectivity index (χ2n) is 1.39. The van der Waals surface area contributed by atoms with Gasteiger partial charge in [0.2, 0.25) is 0 Å². The van der Waals surface area contributed by atoms with E-state index in [-0.39, 0.29) is 0 Å². The fourth-order valence-electron chi connectivity index (χ4n) is 0. The van der Waals surface area contributed by atoms with Crippen molar-refractivity contribution in [3.05, 3.63) is 0 Å². The molecule has 8 heteroatoms. The molecule has 2 N–H and O–H groups in total. The Morgan fingerprint density at radius 1 is 1.33 bits per heavy atom. The lowest BCUT2D eigenvalue weighted by Crippen LogP contribution is -2.21. The summed E-state index contributed by atoms with van der Waals surface area (Å²) in [6.07, 6.45) is -5.08. The van der Waals surface area contributed by atoms with E-state index in [1.807, 2.05) is 0 Å². The second kappa shape index (κ2) is 5.35. The first-order valence-corrected chi connectivity index (χ1v) is 2.34. The Balaban J connectivity index is 0. The minimum atomic E-state index is -5.08. The zero-order valence-corrected chi connectivity index (χ0v) is 5.75. The van der Waals surface area contributed by atoms with E-state index in [2.05, 4.69) is 4.89 Å². The average Bonchev–Trinajstić information content (AvgIpc) is 1.87. The summed E-state index contributed by atoms with van der Waals surface area (Å²) >= 11 is 0. The number of carbonyl (C=O) groups is 2. The minimum Gasteiger partial charge on any atom is -0.475 e. The molecule has 0 radical (unpaired) electrons. The van der Waals surface area contributed by atoms with Crippen molar-refractivity contribution in [1.82, 2.24) is 0 Å². The normalized spacial score (nSPS) is 9.42. The maximum atomic E-state index is 10.6. The molecule has 0 saturated heterocycles. The average molecular weight is 190 g/mol. The highest BCUT2D eigenvalue weighted by Gasteiger charge is 2.38. The maximum absolute atomic E-state index is 10.6. The first-order chi connectivity index (χ1) is 5.21. The van der Waals surface area contributed by atoms with Gasteiger partial charge in [-0.15, -0.1) is 0 Å². The molecule has 0 aliphatic rings. The summed E-state index contributed by atoms with van der Waals surface area (Å²) in [5.74, 6) is -3.45. The molecule has 0 aromatic rings. The summed E-state index contributed by atoms with van der Waals surface area (Å²) in [4.78, 5) is 21.3. The minimum absolute atomic E-state index is 0.690. The molecule has 0 rings (SSSR count). The predicted octanol–water partition coefficient (Wildman–Crippen LogP) is 0.656. The van der Waals surface area contributed by atoms with Crippen molar-refractivity contribution in [2.45, 2.75) is 13.1 Å². The van der Waals surface area contributed by atoms with Crippen molar-refractivity contribution in [1.29, 1.82) is 0 Å². The van der Waals surface area contributed by atoms with Crippen molar-refractivity contribution in [3.8, 4) is 0 Å². The van der Waals surface area contributed by atoms with Crippen LogP contribution in [0, 0.1) is 0 Å². The summed E-state index contributed by atoms with van der Waals surface area (Å²) in [5.41, 5.74) is 0. The molecule has 0 aliphatic carbocycles. The van der Waals surface area contributed by atoms with E-state index in [0.717, 1.165) is 6.92 Å². The maximum Gasteiger partial charge on any atom is 0.490 e. The summed E-state index contributed by atoms with van der Waals surface area (Å²) in [6.45, 7) is 1.11. The Morgan fingerprint density at radius 2 is 1.50 bits per heavy atom. The van der Waals surface area contributed by atoms with E-state index in [1.54, 1.807) is 0 Å². The largest absolute Gasteiger partial charge is 0.490 e. The quantitative estimate of drug-likeness (QED) is 0.432. The fourth-order valence-corrected chi connectivity index (χ4v) is 0. The van der Waals surface area contributed by atoms with Gasteiger partial charge < -0.3 is 9.99 Å². The van der Waals surface area contributed by atoms with Crippen LogP contribution in [0.2, 0.25) is 0 Å². The molecule has 0 fully saturated rings. The standard InChI is InChI=1S/C2HF3O2.C2H4O3/c3-2(4,5)1(6)7;1-2(3)5-4/h(H,6,7);4H,1H3. The van der Waals surface area contributed by atoms with Gasteiger partial charge in [0, 0.05) is 6.92 Å². The van der Waals surface area contributed by atoms with Crippen LogP contribution in [-0.2, 0) is 14.5 Å². The number of carboxylic acids is 1. The zero-order valence-electron chi connectivity index (χ0n) is 5.75. The third-order valence-electron chi connectivity index (χ3n) is 0.371. The van der Waals surface area contributed by atoms with Crippen LogP contribution in [0.25, 0.3) is 0 Å². The molecule has 0 spiro atoms. The first-order valence-electron chi connectivity index (χ1n) is 2.34. The molecule has 0 amide bonds. The number of aliphatic carboxylic acids is 1. The van der Waals surface area contributed by atoms with Crippen molar-refractivity contribution in [2.75, 3.05) is 0 Å². The van der Waals surface area contributed by atoms with Crippen molar-refractivity contribution >= 4 is 11.9 Å². The highest BCUT2D eigenvalue weighted by molar-refractivity contribution is 5.73. The third-order valence-corrected chi connectivity index (χ3v) is 0.371. The van der Waals surface area contributed by atoms with E-state index in [0.29, 0.717) is 0 Å². The fraction of sp³-hybridized carbons (Fsp3) is 0.500. The lowest BCUT2D eigenvalue weighted by Gasteiger charge is -1.93. The Hall–Kier alpha value is -1.31. The lowest BCUT2D eigenvalue weighted by molar-refractivity contribution is -0.231. The van der Waals surface area contributed by atoms with E-state index < -0.39 is 18.1 Å². The third kappa shape index (κ3) is 11.5. The lowest BCUT2D eigenvalue weighted by atomic mass is 10.7. The summed E-state index contributed by atoms with van der Waals surface area (Å²) in [6, 6.07) is 0. The van der Waals surface area contributed by atoms with Gasteiger partial charge >= 0.3 is 18.1 Å². The summed E-state index contributed by atoms with van der Waals surface area (Å²) in [7, 11) is 0. The second-order valence-corrected chi connectivity index (χ2v) is 1.39. The van der Waals surface area contributed by atoms with Crippen LogP contribution in [0.3, 0.4) is 0 Å². The van der Waals surface area contributed by atoms with Crippen molar-refractivity contribution < 1.29 is 38.0 Å². The number of rotatable bonds is 0. The van der Waals surface area contributed by atoms with Gasteiger partial charge in [0.05, 0.1) is 0 Å². The number of alkyl halides is 3. The first kappa shape index (κ1) is 13.3. The highest BCUT2D eigenvalue weighted by atomic mass is 19.4. The predicted molar refractivity (Wildman–Crippen MR) is 28.1 cm³/mol. The Labute approximate surface area is 64.3 Å². The number of hydrogen-bond donors (Lipinski definition) is 2. The molecule has 0 atom stereocenters. The molecular weight excluding hydrogens is 185 g/mol. The number of hydrogen-bond acceptors (Lipinski definition) is 4. The topological polar surface area (TPSA) is 83.8 Å². The molecule has 5 nitrogen and oxygen atoms in total. The van der Waals surface area contributed by atoms with Gasteiger partial charge in [-0.2, -0.15) is 18.4 Å². The number of halogens is 3. The summed E-state index contributed by atoms with van der Waals surface area (Å²) < 4.78 is 31.7. The van der Waals surface area contributed by atoms with Gasteiger partial charge in [-0.1, -0.05) is 0 Å². The molecular formula is C4H5F3O5. The van der Waals surface area contributed by atoms with Gasteiger partial charge in [0.15, 0.2) is 0 Å². The van der Waals surface area contributed by atoms with Gasteiger partial charge in [0.1, 0.15) is 0 Å². The van der Waals surface area contributed by atoms with Crippen LogP contribution in [0.4, 0.5) is 13.2 Å². The van der Waals surface area contributed by atoms with Crippen LogP contribution in [-0.4, -0.2) is 28.5 Å². The van der Waals surface area contributed by atoms with E-state index in [1.165, 1.54) is 0 Å². The van der Waals surface area contributed by atoms with Crippen LogP contribution in [0.15, 0.2) is 0 Å². The zero-order chi connectivity index (χ0) is 10.4. The molecule has 0 unspecified atom stereocenters. The van der Waals surface area contributed by atoms with Crippen molar-refractivity contribution in [2.24, 2.45) is 0 Å². The number of carbonyl (C=O) groups excluding carboxylic acids is 1. The molecule has 0 aliphatic heterocycles. The van der Waals surface area contributed by atoms with Gasteiger partial charge in [-0.25, -0.2) is 9.59 Å². The van der Waals surface area contributed by atoms with E-state index in [9.17, 15) is 18.0 Å². The van der Waals surface area contributed by atoms with Crippen molar-refractivity contribution in [3.63, 3.8) is 0 Å². The molecule has 12 heavy (non-hydrogen) atoms. The monoisotopic (exact) mass is 190 g/mol. The summed E-state index contributed by atoms with van der Waals surface area (Å²) in [5, 5.41) is 14.4. The highest BCUT2D eigenvalue weighted by Crippen LogP contribution is 2.13. The SMILES string of the molecule is CC(=O)OO.O=C(O)C(F)(F)F. The van der Waals surface area contributed by atoms with E-state index in [4.69, 9.17) is 15.2 Å². The Kier molecular flexibility index (Phi) is 5.93. The van der Waals surface area contributed by atoms with Crippen LogP contribution in [0.1, 0.15) is 6.92 Å². The molecule has 72 valence electrons. The molecule has 0 aromatic heterocycles. The molecule has 0 heterocycles. The Bertz CT molecular complexity index is 163. The van der Waals surface area contributed by atoms with Crippen LogP contribution >= 0.6 is 0 Å². The van der Waals surface area contributed by atoms with Gasteiger partial charge in [-0.3, -0.25) is 0 Å². The van der Waals surface area contributed by atoms with E-state index >= 15 is 0 Å². The molecule has 0 bridgehead atoms. The Morgan fingerprint density at radius 3 is 1.50 bits per heavy atom. The molecule has 0 saturated carbocycles. The van der Waals surface area contributed by atoms with Crippen LogP contribution in [0.5, 0.6) is 0 Å². The smallest absolute Gasteiger partial charge is 0.475 e.